The van der Waals surface area contributed by atoms with Gasteiger partial charge in [0.15, 0.2) is 9.84 Å². The molecule has 3 fully saturated rings. The highest BCUT2D eigenvalue weighted by atomic mass is 32.2. The number of hydrogen-bond donors (Lipinski definition) is 0. The molecular formula is C22H27F3N4O2S. The molecule has 32 heavy (non-hydrogen) atoms. The SMILES string of the molecule is CC(C)n1nc(-c2cncc(C(F)(F)F)c2)cc1[C@H]1[C@@H]2C[C@H](N3CCS(=O)(=O)CC3)C[C@@H]21. The Balaban J connectivity index is 1.34. The van der Waals surface area contributed by atoms with E-state index in [-0.39, 0.29) is 17.5 Å². The first-order valence-corrected chi connectivity index (χ1v) is 12.9. The molecule has 0 spiro atoms. The highest BCUT2D eigenvalue weighted by molar-refractivity contribution is 7.91. The third kappa shape index (κ3) is 3.96. The van der Waals surface area contributed by atoms with Crippen LogP contribution in [0.2, 0.25) is 0 Å². The van der Waals surface area contributed by atoms with E-state index in [2.05, 4.69) is 15.0 Å². The zero-order valence-corrected chi connectivity index (χ0v) is 18.9. The zero-order valence-electron chi connectivity index (χ0n) is 18.1. The van der Waals surface area contributed by atoms with Gasteiger partial charge in [-0.05, 0) is 50.7 Å². The van der Waals surface area contributed by atoms with Crippen LogP contribution >= 0.6 is 0 Å². The van der Waals surface area contributed by atoms with Crippen LogP contribution in [0.1, 0.15) is 49.9 Å². The van der Waals surface area contributed by atoms with Crippen molar-refractivity contribution in [2.45, 2.75) is 50.9 Å². The molecule has 6 nitrogen and oxygen atoms in total. The largest absolute Gasteiger partial charge is 0.417 e. The lowest BCUT2D eigenvalue weighted by Gasteiger charge is -2.33. The molecule has 10 heteroatoms. The lowest BCUT2D eigenvalue weighted by atomic mass is 10.0. The Labute approximate surface area is 185 Å². The van der Waals surface area contributed by atoms with E-state index in [1.165, 1.54) is 6.20 Å². The van der Waals surface area contributed by atoms with Gasteiger partial charge >= 0.3 is 6.18 Å². The van der Waals surface area contributed by atoms with Crippen molar-refractivity contribution in [2.24, 2.45) is 11.8 Å². The number of hydrogen-bond acceptors (Lipinski definition) is 5. The van der Waals surface area contributed by atoms with Crippen LogP contribution < -0.4 is 0 Å². The Kier molecular flexibility index (Phi) is 5.16. The lowest BCUT2D eigenvalue weighted by molar-refractivity contribution is -0.137. The maximum absolute atomic E-state index is 13.1. The molecule has 0 unspecified atom stereocenters. The summed E-state index contributed by atoms with van der Waals surface area (Å²) in [7, 11) is -2.88. The van der Waals surface area contributed by atoms with E-state index in [4.69, 9.17) is 0 Å². The molecule has 4 atom stereocenters. The Bertz CT molecular complexity index is 1100. The molecule has 0 aromatic carbocycles. The predicted molar refractivity (Wildman–Crippen MR) is 114 cm³/mol. The molecule has 2 aliphatic carbocycles. The third-order valence-electron chi connectivity index (χ3n) is 7.27. The smallest absolute Gasteiger partial charge is 0.298 e. The normalized spacial score (nSPS) is 29.9. The predicted octanol–water partition coefficient (Wildman–Crippen LogP) is 3.77. The Morgan fingerprint density at radius 1 is 1.06 bits per heavy atom. The van der Waals surface area contributed by atoms with Crippen LogP contribution in [0.4, 0.5) is 13.2 Å². The molecule has 0 bridgehead atoms. The Morgan fingerprint density at radius 2 is 1.72 bits per heavy atom. The molecule has 2 aromatic rings. The van der Waals surface area contributed by atoms with Gasteiger partial charge in [-0.1, -0.05) is 0 Å². The van der Waals surface area contributed by atoms with Crippen LogP contribution in [0.5, 0.6) is 0 Å². The maximum atomic E-state index is 13.1. The van der Waals surface area contributed by atoms with Crippen molar-refractivity contribution in [3.05, 3.63) is 35.8 Å². The number of rotatable bonds is 4. The number of fused-ring (bicyclic) bond motifs is 1. The van der Waals surface area contributed by atoms with Gasteiger partial charge in [0.1, 0.15) is 0 Å². The summed E-state index contributed by atoms with van der Waals surface area (Å²) < 4.78 is 64.7. The highest BCUT2D eigenvalue weighted by Crippen LogP contribution is 2.64. The van der Waals surface area contributed by atoms with E-state index in [0.717, 1.165) is 30.8 Å². The minimum absolute atomic E-state index is 0.0990. The van der Waals surface area contributed by atoms with Gasteiger partial charge in [-0.2, -0.15) is 18.3 Å². The number of sulfone groups is 1. The van der Waals surface area contributed by atoms with Gasteiger partial charge < -0.3 is 0 Å². The topological polar surface area (TPSA) is 68.1 Å². The summed E-state index contributed by atoms with van der Waals surface area (Å²) in [6, 6.07) is 3.57. The van der Waals surface area contributed by atoms with Gasteiger partial charge in [-0.15, -0.1) is 0 Å². The quantitative estimate of drug-likeness (QED) is 0.684. The minimum Gasteiger partial charge on any atom is -0.298 e. The molecule has 1 aliphatic heterocycles. The summed E-state index contributed by atoms with van der Waals surface area (Å²) in [6.07, 6.45) is -0.0950. The summed E-state index contributed by atoms with van der Waals surface area (Å²) in [4.78, 5) is 6.11. The van der Waals surface area contributed by atoms with Crippen LogP contribution in [0.15, 0.2) is 24.5 Å². The fourth-order valence-corrected chi connectivity index (χ4v) is 6.82. The van der Waals surface area contributed by atoms with E-state index in [1.54, 1.807) is 0 Å². The van der Waals surface area contributed by atoms with Crippen LogP contribution in [-0.2, 0) is 16.0 Å². The molecule has 0 radical (unpaired) electrons. The number of pyridine rings is 1. The molecule has 1 saturated heterocycles. The molecular weight excluding hydrogens is 441 g/mol. The first-order chi connectivity index (χ1) is 15.0. The number of alkyl halides is 3. The fraction of sp³-hybridized carbons (Fsp3) is 0.636. The molecule has 0 N–H and O–H groups in total. The zero-order chi connectivity index (χ0) is 22.8. The van der Waals surface area contributed by atoms with Crippen molar-refractivity contribution in [3.8, 4) is 11.3 Å². The average molecular weight is 469 g/mol. The molecule has 3 aliphatic rings. The van der Waals surface area contributed by atoms with Gasteiger partial charge in [-0.25, -0.2) is 8.42 Å². The van der Waals surface area contributed by atoms with Crippen molar-refractivity contribution in [3.63, 3.8) is 0 Å². The van der Waals surface area contributed by atoms with Gasteiger partial charge in [-0.3, -0.25) is 14.6 Å². The van der Waals surface area contributed by atoms with E-state index in [9.17, 15) is 21.6 Å². The number of halogens is 3. The van der Waals surface area contributed by atoms with E-state index in [0.29, 0.717) is 48.1 Å². The third-order valence-corrected chi connectivity index (χ3v) is 8.88. The van der Waals surface area contributed by atoms with Crippen molar-refractivity contribution >= 4 is 9.84 Å². The first-order valence-electron chi connectivity index (χ1n) is 11.1. The van der Waals surface area contributed by atoms with Gasteiger partial charge in [0.2, 0.25) is 0 Å². The van der Waals surface area contributed by atoms with Crippen molar-refractivity contribution in [1.82, 2.24) is 19.7 Å². The molecule has 3 heterocycles. The first kappa shape index (κ1) is 21.9. The summed E-state index contributed by atoms with van der Waals surface area (Å²) >= 11 is 0. The highest BCUT2D eigenvalue weighted by Gasteiger charge is 2.58. The summed E-state index contributed by atoms with van der Waals surface area (Å²) in [5.74, 6) is 1.91. The van der Waals surface area contributed by atoms with E-state index < -0.39 is 21.6 Å². The van der Waals surface area contributed by atoms with Crippen LogP contribution in [-0.4, -0.2) is 58.7 Å². The molecule has 174 valence electrons. The van der Waals surface area contributed by atoms with E-state index in [1.807, 2.05) is 24.6 Å². The Hall–Kier alpha value is -1.94. The second-order valence-corrected chi connectivity index (χ2v) is 11.9. The van der Waals surface area contributed by atoms with Crippen LogP contribution in [0, 0.1) is 11.8 Å². The second kappa shape index (κ2) is 7.55. The monoisotopic (exact) mass is 468 g/mol. The molecule has 0 amide bonds. The van der Waals surface area contributed by atoms with Crippen molar-refractivity contribution < 1.29 is 21.6 Å². The fourth-order valence-electron chi connectivity index (χ4n) is 5.59. The van der Waals surface area contributed by atoms with E-state index >= 15 is 0 Å². The average Bonchev–Trinajstić information content (AvgIpc) is 3.08. The standard InChI is InChI=1S/C22H27F3N4O2S/c1-13(2)29-20(10-19(27-29)14-7-15(12-26-11-14)22(23,24)25)21-17-8-16(9-18(17)21)28-3-5-32(30,31)6-4-28/h7,10-13,16-18,21H,3-6,8-9H2,1-2H3/t16-,17+,18-,21-. The molecule has 2 saturated carbocycles. The number of nitrogens with zero attached hydrogens (tertiary/aromatic N) is 4. The van der Waals surface area contributed by atoms with Gasteiger partial charge in [0.25, 0.3) is 0 Å². The van der Waals surface area contributed by atoms with Gasteiger partial charge in [0, 0.05) is 54.7 Å². The summed E-state index contributed by atoms with van der Waals surface area (Å²) in [6.45, 7) is 5.29. The van der Waals surface area contributed by atoms with Crippen molar-refractivity contribution in [2.75, 3.05) is 24.6 Å². The van der Waals surface area contributed by atoms with Crippen molar-refractivity contribution in [1.29, 1.82) is 0 Å². The lowest BCUT2D eigenvalue weighted by Crippen LogP contribution is -2.45. The second-order valence-electron chi connectivity index (χ2n) is 9.62. The molecule has 5 rings (SSSR count). The summed E-state index contributed by atoms with van der Waals surface area (Å²) in [5, 5.41) is 4.65. The number of aromatic nitrogens is 3. The molecule has 2 aromatic heterocycles. The van der Waals surface area contributed by atoms with Crippen LogP contribution in [0.25, 0.3) is 11.3 Å². The van der Waals surface area contributed by atoms with Gasteiger partial charge in [0.05, 0.1) is 22.8 Å². The Morgan fingerprint density at radius 3 is 2.31 bits per heavy atom. The summed E-state index contributed by atoms with van der Waals surface area (Å²) in [5.41, 5.74) is 1.21. The minimum atomic E-state index is -4.44. The maximum Gasteiger partial charge on any atom is 0.417 e. The van der Waals surface area contributed by atoms with Crippen LogP contribution in [0.3, 0.4) is 0 Å².